The van der Waals surface area contributed by atoms with Crippen LogP contribution in [0.3, 0.4) is 0 Å². The van der Waals surface area contributed by atoms with Crippen molar-refractivity contribution in [3.8, 4) is 0 Å². The molecular weight excluding hydrogens is 214 g/mol. The lowest BCUT2D eigenvalue weighted by Gasteiger charge is -2.25. The fourth-order valence-corrected chi connectivity index (χ4v) is 2.33. The molecule has 0 unspecified atom stereocenters. The zero-order valence-corrected chi connectivity index (χ0v) is 10.2. The highest BCUT2D eigenvalue weighted by molar-refractivity contribution is 5.91. The van der Waals surface area contributed by atoms with E-state index in [4.69, 9.17) is 5.11 Å². The predicted molar refractivity (Wildman–Crippen MR) is 66.7 cm³/mol. The van der Waals surface area contributed by atoms with E-state index in [-0.39, 0.29) is 17.9 Å². The number of aliphatic hydroxyl groups is 1. The third-order valence-corrected chi connectivity index (χ3v) is 3.52. The number of nitrogens with zero attached hydrogens (tertiary/aromatic N) is 1. The van der Waals surface area contributed by atoms with Crippen LogP contribution in [-0.4, -0.2) is 35.6 Å². The topological polar surface area (TPSA) is 40.5 Å². The van der Waals surface area contributed by atoms with Gasteiger partial charge in [-0.2, -0.15) is 0 Å². The van der Waals surface area contributed by atoms with Gasteiger partial charge >= 0.3 is 0 Å². The van der Waals surface area contributed by atoms with Crippen molar-refractivity contribution < 1.29 is 9.90 Å². The Labute approximate surface area is 102 Å². The number of carbonyl (C=O) groups excluding carboxylic acids is 1. The van der Waals surface area contributed by atoms with Crippen LogP contribution in [0.5, 0.6) is 0 Å². The van der Waals surface area contributed by atoms with E-state index in [0.717, 1.165) is 18.4 Å². The summed E-state index contributed by atoms with van der Waals surface area (Å²) in [5.74, 6) is 0.167. The van der Waals surface area contributed by atoms with Gasteiger partial charge in [-0.1, -0.05) is 30.3 Å². The predicted octanol–water partition coefficient (Wildman–Crippen LogP) is 1.56. The standard InChI is InChI=1S/C14H19NO2/c1-2-15(10-11-16)13(17)14(8-9-14)12-6-4-3-5-7-12/h3-7,16H,2,8-11H2,1H3. The van der Waals surface area contributed by atoms with Crippen molar-refractivity contribution in [2.45, 2.75) is 25.2 Å². The molecule has 17 heavy (non-hydrogen) atoms. The van der Waals surface area contributed by atoms with E-state index in [0.29, 0.717) is 13.1 Å². The number of amides is 1. The van der Waals surface area contributed by atoms with E-state index >= 15 is 0 Å². The van der Waals surface area contributed by atoms with Crippen molar-refractivity contribution in [2.75, 3.05) is 19.7 Å². The van der Waals surface area contributed by atoms with Crippen LogP contribution in [0.15, 0.2) is 30.3 Å². The Hall–Kier alpha value is -1.35. The molecule has 92 valence electrons. The van der Waals surface area contributed by atoms with Gasteiger partial charge in [-0.15, -0.1) is 0 Å². The highest BCUT2D eigenvalue weighted by Gasteiger charge is 2.52. The maximum absolute atomic E-state index is 12.5. The number of hydrogen-bond acceptors (Lipinski definition) is 2. The molecule has 0 aliphatic heterocycles. The minimum absolute atomic E-state index is 0.0322. The van der Waals surface area contributed by atoms with Crippen LogP contribution < -0.4 is 0 Å². The summed E-state index contributed by atoms with van der Waals surface area (Å²) in [4.78, 5) is 14.2. The summed E-state index contributed by atoms with van der Waals surface area (Å²) in [6.45, 7) is 3.08. The van der Waals surface area contributed by atoms with Gasteiger partial charge in [-0.05, 0) is 25.3 Å². The fourth-order valence-electron chi connectivity index (χ4n) is 2.33. The Bertz CT molecular complexity index is 384. The van der Waals surface area contributed by atoms with Crippen molar-refractivity contribution in [1.82, 2.24) is 4.90 Å². The number of benzene rings is 1. The summed E-state index contributed by atoms with van der Waals surface area (Å²) in [5.41, 5.74) is 0.813. The van der Waals surface area contributed by atoms with Gasteiger partial charge < -0.3 is 10.0 Å². The Morgan fingerprint density at radius 2 is 2.00 bits per heavy atom. The molecule has 0 radical (unpaired) electrons. The summed E-state index contributed by atoms with van der Waals surface area (Å²) in [5, 5.41) is 8.98. The van der Waals surface area contributed by atoms with Crippen LogP contribution in [0.25, 0.3) is 0 Å². The van der Waals surface area contributed by atoms with E-state index in [1.165, 1.54) is 0 Å². The monoisotopic (exact) mass is 233 g/mol. The highest BCUT2D eigenvalue weighted by atomic mass is 16.3. The normalized spacial score (nSPS) is 16.6. The summed E-state index contributed by atoms with van der Waals surface area (Å²) in [6, 6.07) is 9.97. The average molecular weight is 233 g/mol. The lowest BCUT2D eigenvalue weighted by molar-refractivity contribution is -0.134. The van der Waals surface area contributed by atoms with Gasteiger partial charge in [-0.25, -0.2) is 0 Å². The molecular formula is C14H19NO2. The fraction of sp³-hybridized carbons (Fsp3) is 0.500. The summed E-state index contributed by atoms with van der Waals surface area (Å²) < 4.78 is 0. The molecule has 0 atom stereocenters. The third-order valence-electron chi connectivity index (χ3n) is 3.52. The van der Waals surface area contributed by atoms with E-state index in [2.05, 4.69) is 0 Å². The van der Waals surface area contributed by atoms with Crippen molar-refractivity contribution in [1.29, 1.82) is 0 Å². The maximum Gasteiger partial charge on any atom is 0.233 e. The number of likely N-dealkylation sites (N-methyl/N-ethyl adjacent to an activating group) is 1. The molecule has 1 N–H and O–H groups in total. The quantitative estimate of drug-likeness (QED) is 0.838. The van der Waals surface area contributed by atoms with Gasteiger partial charge in [0.2, 0.25) is 5.91 Å². The average Bonchev–Trinajstić information content (AvgIpc) is 3.18. The second kappa shape index (κ2) is 4.88. The zero-order valence-electron chi connectivity index (χ0n) is 10.2. The van der Waals surface area contributed by atoms with Crippen molar-refractivity contribution in [3.05, 3.63) is 35.9 Å². The first-order valence-corrected chi connectivity index (χ1v) is 6.20. The molecule has 0 spiro atoms. The number of hydrogen-bond donors (Lipinski definition) is 1. The second-order valence-corrected chi connectivity index (χ2v) is 4.56. The molecule has 1 saturated carbocycles. The van der Waals surface area contributed by atoms with Crippen molar-refractivity contribution in [2.24, 2.45) is 0 Å². The van der Waals surface area contributed by atoms with Gasteiger partial charge in [0, 0.05) is 13.1 Å². The van der Waals surface area contributed by atoms with Crippen LogP contribution >= 0.6 is 0 Å². The minimum atomic E-state index is -0.299. The van der Waals surface area contributed by atoms with E-state index in [1.54, 1.807) is 4.90 Å². The molecule has 1 aromatic carbocycles. The molecule has 1 amide bonds. The molecule has 2 rings (SSSR count). The maximum atomic E-state index is 12.5. The van der Waals surface area contributed by atoms with Crippen LogP contribution in [0, 0.1) is 0 Å². The van der Waals surface area contributed by atoms with E-state index in [1.807, 2.05) is 37.3 Å². The molecule has 1 aliphatic rings. The SMILES string of the molecule is CCN(CCO)C(=O)C1(c2ccccc2)CC1. The Balaban J connectivity index is 2.19. The molecule has 3 heteroatoms. The molecule has 3 nitrogen and oxygen atoms in total. The van der Waals surface area contributed by atoms with Crippen molar-refractivity contribution >= 4 is 5.91 Å². The highest BCUT2D eigenvalue weighted by Crippen LogP contribution is 2.49. The van der Waals surface area contributed by atoms with Gasteiger partial charge in [0.05, 0.1) is 12.0 Å². The molecule has 1 fully saturated rings. The molecule has 1 aromatic rings. The van der Waals surface area contributed by atoms with Gasteiger partial charge in [0.25, 0.3) is 0 Å². The largest absolute Gasteiger partial charge is 0.395 e. The number of aliphatic hydroxyl groups excluding tert-OH is 1. The van der Waals surface area contributed by atoms with Gasteiger partial charge in [-0.3, -0.25) is 4.79 Å². The zero-order chi connectivity index (χ0) is 12.3. The van der Waals surface area contributed by atoms with Crippen LogP contribution in [-0.2, 0) is 10.2 Å². The van der Waals surface area contributed by atoms with Crippen LogP contribution in [0.2, 0.25) is 0 Å². The van der Waals surface area contributed by atoms with Gasteiger partial charge in [0.1, 0.15) is 0 Å². The first kappa shape index (κ1) is 12.1. The molecule has 0 aromatic heterocycles. The third kappa shape index (κ3) is 2.20. The number of carbonyl (C=O) groups is 1. The second-order valence-electron chi connectivity index (χ2n) is 4.56. The summed E-state index contributed by atoms with van der Waals surface area (Å²) in [6.07, 6.45) is 1.86. The number of rotatable bonds is 5. The Kier molecular flexibility index (Phi) is 3.48. The van der Waals surface area contributed by atoms with Crippen LogP contribution in [0.4, 0.5) is 0 Å². The Morgan fingerprint density at radius 3 is 2.47 bits per heavy atom. The molecule has 1 aliphatic carbocycles. The van der Waals surface area contributed by atoms with Crippen LogP contribution in [0.1, 0.15) is 25.3 Å². The van der Waals surface area contributed by atoms with E-state index < -0.39 is 0 Å². The van der Waals surface area contributed by atoms with E-state index in [9.17, 15) is 4.79 Å². The molecule has 0 saturated heterocycles. The Morgan fingerprint density at radius 1 is 1.35 bits per heavy atom. The lowest BCUT2D eigenvalue weighted by Crippen LogP contribution is -2.40. The van der Waals surface area contributed by atoms with Gasteiger partial charge in [0.15, 0.2) is 0 Å². The minimum Gasteiger partial charge on any atom is -0.395 e. The summed E-state index contributed by atoms with van der Waals surface area (Å²) >= 11 is 0. The smallest absolute Gasteiger partial charge is 0.233 e. The first-order chi connectivity index (χ1) is 8.24. The molecule has 0 bridgehead atoms. The van der Waals surface area contributed by atoms with Crippen molar-refractivity contribution in [3.63, 3.8) is 0 Å². The summed E-state index contributed by atoms with van der Waals surface area (Å²) in [7, 11) is 0. The molecule has 0 heterocycles. The lowest BCUT2D eigenvalue weighted by atomic mass is 9.94. The first-order valence-electron chi connectivity index (χ1n) is 6.20.